The van der Waals surface area contributed by atoms with Gasteiger partial charge in [0.15, 0.2) is 5.78 Å². The highest BCUT2D eigenvalue weighted by atomic mass is 16.2. The van der Waals surface area contributed by atoms with Crippen LogP contribution in [-0.4, -0.2) is 29.8 Å². The molecule has 2 aromatic rings. The summed E-state index contributed by atoms with van der Waals surface area (Å²) in [6.45, 7) is 6.65. The summed E-state index contributed by atoms with van der Waals surface area (Å²) >= 11 is 0. The molecule has 2 atom stereocenters. The number of urea groups is 1. The van der Waals surface area contributed by atoms with E-state index in [0.717, 1.165) is 42.0 Å². The number of carbonyl (C=O) groups is 2. The van der Waals surface area contributed by atoms with Crippen LogP contribution in [0.25, 0.3) is 5.70 Å². The van der Waals surface area contributed by atoms with E-state index in [4.69, 9.17) is 0 Å². The van der Waals surface area contributed by atoms with Gasteiger partial charge >= 0.3 is 6.03 Å². The summed E-state index contributed by atoms with van der Waals surface area (Å²) in [6.07, 6.45) is 2.60. The van der Waals surface area contributed by atoms with E-state index < -0.39 is 0 Å². The van der Waals surface area contributed by atoms with Crippen LogP contribution in [0.15, 0.2) is 48.5 Å². The Balaban J connectivity index is 1.59. The zero-order chi connectivity index (χ0) is 20.1. The number of hydrogen-bond donors (Lipinski definition) is 1. The van der Waals surface area contributed by atoms with Crippen LogP contribution in [0.5, 0.6) is 0 Å². The van der Waals surface area contributed by atoms with Crippen LogP contribution >= 0.6 is 0 Å². The standard InChI is InChI=1S/C24H25N3O2/c1-3-26(4-2)16-9-10-17-18(11-16)19-12-20(19)23(28)13-22(17)27-14-15-7-5-6-8-21(15)25-24(27)29/h5-11,13,19-20H,3-4,12,14H2,1-2H3,(H,25,29). The normalized spacial score (nSPS) is 22.0. The molecule has 3 aliphatic rings. The third kappa shape index (κ3) is 2.92. The van der Waals surface area contributed by atoms with Crippen molar-refractivity contribution in [1.29, 1.82) is 0 Å². The number of rotatable bonds is 4. The predicted molar refractivity (Wildman–Crippen MR) is 115 cm³/mol. The average molecular weight is 387 g/mol. The van der Waals surface area contributed by atoms with E-state index in [9.17, 15) is 9.59 Å². The largest absolute Gasteiger partial charge is 0.372 e. The molecule has 1 heterocycles. The molecule has 1 N–H and O–H groups in total. The Kier molecular flexibility index (Phi) is 4.19. The predicted octanol–water partition coefficient (Wildman–Crippen LogP) is 4.61. The maximum atomic E-state index is 12.9. The fraction of sp³-hybridized carbons (Fsp3) is 0.333. The Hall–Kier alpha value is -3.08. The van der Waals surface area contributed by atoms with Gasteiger partial charge in [0.1, 0.15) is 0 Å². The molecule has 0 radical (unpaired) electrons. The summed E-state index contributed by atoms with van der Waals surface area (Å²) in [5.41, 5.74) is 6.00. The average Bonchev–Trinajstić information content (AvgIpc) is 3.54. The van der Waals surface area contributed by atoms with Crippen LogP contribution in [0, 0.1) is 5.92 Å². The molecule has 5 heteroatoms. The number of hydrogen-bond acceptors (Lipinski definition) is 3. The summed E-state index contributed by atoms with van der Waals surface area (Å²) in [5.74, 6) is 0.456. The number of para-hydroxylation sites is 1. The van der Waals surface area contributed by atoms with Crippen molar-refractivity contribution < 1.29 is 9.59 Å². The number of allylic oxidation sites excluding steroid dienone is 1. The number of fused-ring (bicyclic) bond motifs is 4. The molecule has 148 valence electrons. The SMILES string of the molecule is CCN(CC)c1ccc2c(c1)C1CC1C(=O)C=C2N1Cc2ccccc2NC1=O. The molecule has 5 rings (SSSR count). The monoisotopic (exact) mass is 387 g/mol. The summed E-state index contributed by atoms with van der Waals surface area (Å²) in [6, 6.07) is 14.1. The van der Waals surface area contributed by atoms with Crippen LogP contribution in [0.4, 0.5) is 16.2 Å². The van der Waals surface area contributed by atoms with E-state index in [0.29, 0.717) is 6.54 Å². The third-order valence-corrected chi connectivity index (χ3v) is 6.40. The van der Waals surface area contributed by atoms with E-state index in [1.807, 2.05) is 24.3 Å². The zero-order valence-corrected chi connectivity index (χ0v) is 16.8. The Morgan fingerprint density at radius 2 is 1.86 bits per heavy atom. The minimum atomic E-state index is -0.183. The van der Waals surface area contributed by atoms with Gasteiger partial charge in [0.05, 0.1) is 12.2 Å². The molecule has 2 unspecified atom stereocenters. The van der Waals surface area contributed by atoms with E-state index in [1.54, 1.807) is 11.0 Å². The van der Waals surface area contributed by atoms with Crippen LogP contribution in [-0.2, 0) is 11.3 Å². The third-order valence-electron chi connectivity index (χ3n) is 6.40. The maximum Gasteiger partial charge on any atom is 0.326 e. The van der Waals surface area contributed by atoms with Crippen molar-refractivity contribution in [1.82, 2.24) is 4.90 Å². The first-order valence-electron chi connectivity index (χ1n) is 10.4. The Bertz CT molecular complexity index is 1040. The second-order valence-corrected chi connectivity index (χ2v) is 8.00. The number of nitrogens with zero attached hydrogens (tertiary/aromatic N) is 2. The van der Waals surface area contributed by atoms with Gasteiger partial charge in [-0.25, -0.2) is 4.79 Å². The maximum absolute atomic E-state index is 12.9. The van der Waals surface area contributed by atoms with Crippen LogP contribution in [0.3, 0.4) is 0 Å². The first-order valence-corrected chi connectivity index (χ1v) is 10.4. The number of nitrogens with one attached hydrogen (secondary N) is 1. The number of benzene rings is 2. The molecular weight excluding hydrogens is 362 g/mol. The van der Waals surface area contributed by atoms with Gasteiger partial charge in [-0.05, 0) is 55.5 Å². The number of anilines is 2. The molecule has 2 aliphatic carbocycles. The summed E-state index contributed by atoms with van der Waals surface area (Å²) in [7, 11) is 0. The molecule has 1 aliphatic heterocycles. The van der Waals surface area contributed by atoms with Gasteiger partial charge < -0.3 is 10.2 Å². The number of amides is 2. The quantitative estimate of drug-likeness (QED) is 0.834. The fourth-order valence-corrected chi connectivity index (χ4v) is 4.67. The summed E-state index contributed by atoms with van der Waals surface area (Å²) in [5, 5.41) is 2.97. The van der Waals surface area contributed by atoms with E-state index in [2.05, 4.69) is 42.3 Å². The lowest BCUT2D eigenvalue weighted by atomic mass is 9.98. The highest BCUT2D eigenvalue weighted by Crippen LogP contribution is 2.53. The summed E-state index contributed by atoms with van der Waals surface area (Å²) < 4.78 is 0. The summed E-state index contributed by atoms with van der Waals surface area (Å²) in [4.78, 5) is 29.7. The molecule has 0 aromatic heterocycles. The van der Waals surface area contributed by atoms with Gasteiger partial charge in [0.25, 0.3) is 0 Å². The lowest BCUT2D eigenvalue weighted by Gasteiger charge is -2.32. The van der Waals surface area contributed by atoms with Gasteiger partial charge in [-0.2, -0.15) is 0 Å². The molecule has 0 spiro atoms. The van der Waals surface area contributed by atoms with Crippen molar-refractivity contribution in [2.24, 2.45) is 5.92 Å². The highest BCUT2D eigenvalue weighted by Gasteiger charge is 2.47. The molecule has 1 fully saturated rings. The van der Waals surface area contributed by atoms with Crippen molar-refractivity contribution >= 4 is 28.9 Å². The van der Waals surface area contributed by atoms with E-state index in [1.165, 1.54) is 11.3 Å². The molecular formula is C24H25N3O2. The highest BCUT2D eigenvalue weighted by molar-refractivity contribution is 6.06. The van der Waals surface area contributed by atoms with Gasteiger partial charge in [-0.3, -0.25) is 9.69 Å². The van der Waals surface area contributed by atoms with Crippen molar-refractivity contribution in [2.75, 3.05) is 23.3 Å². The topological polar surface area (TPSA) is 52.7 Å². The Labute approximate surface area is 171 Å². The molecule has 2 aromatic carbocycles. The minimum Gasteiger partial charge on any atom is -0.372 e. The second kappa shape index (κ2) is 6.76. The van der Waals surface area contributed by atoms with E-state index >= 15 is 0 Å². The van der Waals surface area contributed by atoms with Crippen molar-refractivity contribution in [2.45, 2.75) is 32.7 Å². The molecule has 29 heavy (non-hydrogen) atoms. The number of carbonyl (C=O) groups excluding carboxylic acids is 2. The van der Waals surface area contributed by atoms with Crippen molar-refractivity contribution in [3.63, 3.8) is 0 Å². The van der Waals surface area contributed by atoms with Gasteiger partial charge in [-0.15, -0.1) is 0 Å². The molecule has 0 saturated heterocycles. The molecule has 5 nitrogen and oxygen atoms in total. The number of ketones is 1. The molecule has 1 saturated carbocycles. The first-order chi connectivity index (χ1) is 14.1. The fourth-order valence-electron chi connectivity index (χ4n) is 4.67. The van der Waals surface area contributed by atoms with Crippen LogP contribution < -0.4 is 10.2 Å². The molecule has 0 bridgehead atoms. The van der Waals surface area contributed by atoms with Crippen molar-refractivity contribution in [3.05, 3.63) is 65.2 Å². The smallest absolute Gasteiger partial charge is 0.326 e. The Morgan fingerprint density at radius 3 is 2.66 bits per heavy atom. The minimum absolute atomic E-state index is 0.0540. The lowest BCUT2D eigenvalue weighted by molar-refractivity contribution is -0.115. The van der Waals surface area contributed by atoms with Gasteiger partial charge in [0.2, 0.25) is 0 Å². The molecule has 2 amide bonds. The van der Waals surface area contributed by atoms with Gasteiger partial charge in [-0.1, -0.05) is 24.3 Å². The van der Waals surface area contributed by atoms with Gasteiger partial charge in [0, 0.05) is 42.0 Å². The van der Waals surface area contributed by atoms with Crippen LogP contribution in [0.1, 0.15) is 42.9 Å². The Morgan fingerprint density at radius 1 is 1.07 bits per heavy atom. The van der Waals surface area contributed by atoms with Crippen LogP contribution in [0.2, 0.25) is 0 Å². The van der Waals surface area contributed by atoms with E-state index in [-0.39, 0.29) is 23.7 Å². The first kappa shape index (κ1) is 18.0. The lowest BCUT2D eigenvalue weighted by Crippen LogP contribution is -2.37. The zero-order valence-electron chi connectivity index (χ0n) is 16.8. The van der Waals surface area contributed by atoms with Crippen molar-refractivity contribution in [3.8, 4) is 0 Å². The second-order valence-electron chi connectivity index (χ2n) is 8.00.